The van der Waals surface area contributed by atoms with Crippen LogP contribution in [0.1, 0.15) is 18.4 Å². The molecular weight excluding hydrogens is 302 g/mol. The third-order valence-corrected chi connectivity index (χ3v) is 4.15. The van der Waals surface area contributed by atoms with Crippen molar-refractivity contribution in [1.82, 2.24) is 0 Å². The van der Waals surface area contributed by atoms with Crippen LogP contribution in [0, 0.1) is 0 Å². The van der Waals surface area contributed by atoms with Crippen molar-refractivity contribution in [3.05, 3.63) is 48.0 Å². The molecule has 5 heteroatoms. The van der Waals surface area contributed by atoms with Crippen LogP contribution in [-0.2, 0) is 0 Å². The summed E-state index contributed by atoms with van der Waals surface area (Å²) in [5, 5.41) is 4.30. The highest BCUT2D eigenvalue weighted by Crippen LogP contribution is 2.36. The van der Waals surface area contributed by atoms with Gasteiger partial charge in [-0.1, -0.05) is 18.2 Å². The summed E-state index contributed by atoms with van der Waals surface area (Å²) in [5.41, 5.74) is 5.91. The number of rotatable bonds is 6. The lowest BCUT2D eigenvalue weighted by Crippen LogP contribution is -2.18. The Morgan fingerprint density at radius 1 is 1.00 bits per heavy atom. The van der Waals surface area contributed by atoms with Gasteiger partial charge in [0.1, 0.15) is 11.5 Å². The quantitative estimate of drug-likeness (QED) is 0.649. The molecule has 1 heterocycles. The molecule has 24 heavy (non-hydrogen) atoms. The molecule has 0 unspecified atom stereocenters. The van der Waals surface area contributed by atoms with Gasteiger partial charge in [0.15, 0.2) is 0 Å². The third kappa shape index (κ3) is 3.62. The SMILES string of the molecule is COc1cc(N2CCCC2)c(OC)cc1/C=N\Nc1ccccc1. The number of ether oxygens (including phenoxy) is 2. The van der Waals surface area contributed by atoms with Gasteiger partial charge in [0.2, 0.25) is 0 Å². The Bertz CT molecular complexity index is 695. The predicted molar refractivity (Wildman–Crippen MR) is 98.7 cm³/mol. The molecule has 0 amide bonds. The molecule has 0 radical (unpaired) electrons. The smallest absolute Gasteiger partial charge is 0.143 e. The molecule has 0 aromatic heterocycles. The van der Waals surface area contributed by atoms with Crippen molar-refractivity contribution >= 4 is 17.6 Å². The summed E-state index contributed by atoms with van der Waals surface area (Å²) in [6, 6.07) is 13.8. The fourth-order valence-corrected chi connectivity index (χ4v) is 2.90. The zero-order chi connectivity index (χ0) is 16.8. The lowest BCUT2D eigenvalue weighted by molar-refractivity contribution is 0.402. The van der Waals surface area contributed by atoms with Crippen molar-refractivity contribution < 1.29 is 9.47 Å². The van der Waals surface area contributed by atoms with Crippen molar-refractivity contribution in [2.24, 2.45) is 5.10 Å². The summed E-state index contributed by atoms with van der Waals surface area (Å²) < 4.78 is 11.1. The maximum absolute atomic E-state index is 5.58. The van der Waals surface area contributed by atoms with E-state index in [1.54, 1.807) is 20.4 Å². The van der Waals surface area contributed by atoms with Crippen molar-refractivity contribution in [1.29, 1.82) is 0 Å². The van der Waals surface area contributed by atoms with Crippen molar-refractivity contribution in [3.8, 4) is 11.5 Å². The lowest BCUT2D eigenvalue weighted by Gasteiger charge is -2.22. The van der Waals surface area contributed by atoms with E-state index in [0.29, 0.717) is 0 Å². The molecule has 126 valence electrons. The van der Waals surface area contributed by atoms with Crippen LogP contribution in [0.3, 0.4) is 0 Å². The second kappa shape index (κ2) is 7.73. The molecule has 2 aromatic rings. The molecule has 0 spiro atoms. The maximum atomic E-state index is 5.58. The minimum Gasteiger partial charge on any atom is -0.496 e. The summed E-state index contributed by atoms with van der Waals surface area (Å²) in [5.74, 6) is 1.63. The van der Waals surface area contributed by atoms with E-state index in [0.717, 1.165) is 41.5 Å². The first kappa shape index (κ1) is 16.2. The number of hydrogen-bond donors (Lipinski definition) is 1. The summed E-state index contributed by atoms with van der Waals surface area (Å²) in [6.07, 6.45) is 4.19. The third-order valence-electron chi connectivity index (χ3n) is 4.15. The molecule has 0 atom stereocenters. The van der Waals surface area contributed by atoms with Crippen molar-refractivity contribution in [2.75, 3.05) is 37.6 Å². The van der Waals surface area contributed by atoms with Gasteiger partial charge in [0.05, 0.1) is 31.8 Å². The molecular formula is C19H23N3O2. The molecule has 0 aliphatic carbocycles. The Morgan fingerprint density at radius 2 is 1.71 bits per heavy atom. The predicted octanol–water partition coefficient (Wildman–Crippen LogP) is 3.75. The number of para-hydroxylation sites is 1. The molecule has 1 aliphatic rings. The fourth-order valence-electron chi connectivity index (χ4n) is 2.90. The summed E-state index contributed by atoms with van der Waals surface area (Å²) >= 11 is 0. The van der Waals surface area contributed by atoms with E-state index in [-0.39, 0.29) is 0 Å². The van der Waals surface area contributed by atoms with E-state index in [1.165, 1.54) is 12.8 Å². The van der Waals surface area contributed by atoms with Crippen LogP contribution in [0.2, 0.25) is 0 Å². The van der Waals surface area contributed by atoms with Crippen molar-refractivity contribution in [3.63, 3.8) is 0 Å². The van der Waals surface area contributed by atoms with Crippen LogP contribution < -0.4 is 19.8 Å². The Hall–Kier alpha value is -2.69. The van der Waals surface area contributed by atoms with Gasteiger partial charge in [-0.05, 0) is 31.0 Å². The molecule has 1 aliphatic heterocycles. The Kier molecular flexibility index (Phi) is 5.21. The molecule has 5 nitrogen and oxygen atoms in total. The minimum atomic E-state index is 0.788. The number of hydrogen-bond acceptors (Lipinski definition) is 5. The molecule has 0 saturated carbocycles. The number of hydrazone groups is 1. The molecule has 1 fully saturated rings. The van der Waals surface area contributed by atoms with Gasteiger partial charge in [-0.25, -0.2) is 0 Å². The van der Waals surface area contributed by atoms with Crippen LogP contribution >= 0.6 is 0 Å². The Labute approximate surface area is 142 Å². The van der Waals surface area contributed by atoms with Crippen LogP contribution in [0.5, 0.6) is 11.5 Å². The minimum absolute atomic E-state index is 0.788. The standard InChI is InChI=1S/C19H23N3O2/c1-23-18-13-17(22-10-6-7-11-22)19(24-2)12-15(18)14-20-21-16-8-4-3-5-9-16/h3-5,8-9,12-14,21H,6-7,10-11H2,1-2H3/b20-14-. The average molecular weight is 325 g/mol. The van der Waals surface area contributed by atoms with E-state index in [2.05, 4.69) is 15.4 Å². The summed E-state index contributed by atoms with van der Waals surface area (Å²) in [6.45, 7) is 2.12. The van der Waals surface area contributed by atoms with Gasteiger partial charge >= 0.3 is 0 Å². The maximum Gasteiger partial charge on any atom is 0.143 e. The zero-order valence-corrected chi connectivity index (χ0v) is 14.2. The van der Waals surface area contributed by atoms with Gasteiger partial charge in [-0.15, -0.1) is 0 Å². The van der Waals surface area contributed by atoms with Crippen LogP contribution in [0.15, 0.2) is 47.6 Å². The molecule has 3 rings (SSSR count). The zero-order valence-electron chi connectivity index (χ0n) is 14.2. The first-order valence-corrected chi connectivity index (χ1v) is 8.17. The van der Waals surface area contributed by atoms with Gasteiger partial charge < -0.3 is 14.4 Å². The monoisotopic (exact) mass is 325 g/mol. The Morgan fingerprint density at radius 3 is 2.38 bits per heavy atom. The van der Waals surface area contributed by atoms with E-state index >= 15 is 0 Å². The first-order valence-electron chi connectivity index (χ1n) is 8.17. The van der Waals surface area contributed by atoms with E-state index in [1.807, 2.05) is 42.5 Å². The summed E-state index contributed by atoms with van der Waals surface area (Å²) in [7, 11) is 3.38. The highest BCUT2D eigenvalue weighted by atomic mass is 16.5. The normalized spacial score (nSPS) is 14.2. The van der Waals surface area contributed by atoms with Crippen molar-refractivity contribution in [2.45, 2.75) is 12.8 Å². The topological polar surface area (TPSA) is 46.1 Å². The largest absolute Gasteiger partial charge is 0.496 e. The number of anilines is 2. The second-order valence-corrected chi connectivity index (χ2v) is 5.70. The number of benzene rings is 2. The van der Waals surface area contributed by atoms with Crippen LogP contribution in [-0.4, -0.2) is 33.5 Å². The molecule has 2 aromatic carbocycles. The highest BCUT2D eigenvalue weighted by Gasteiger charge is 2.19. The highest BCUT2D eigenvalue weighted by molar-refractivity contribution is 5.87. The van der Waals surface area contributed by atoms with Crippen LogP contribution in [0.25, 0.3) is 0 Å². The average Bonchev–Trinajstić information content (AvgIpc) is 3.16. The van der Waals surface area contributed by atoms with Gasteiger partial charge in [-0.2, -0.15) is 5.10 Å². The number of nitrogens with one attached hydrogen (secondary N) is 1. The first-order chi connectivity index (χ1) is 11.8. The second-order valence-electron chi connectivity index (χ2n) is 5.70. The van der Waals surface area contributed by atoms with Gasteiger partial charge in [0.25, 0.3) is 0 Å². The lowest BCUT2D eigenvalue weighted by atomic mass is 10.1. The van der Waals surface area contributed by atoms with E-state index in [4.69, 9.17) is 9.47 Å². The molecule has 0 bridgehead atoms. The van der Waals surface area contributed by atoms with Crippen LogP contribution in [0.4, 0.5) is 11.4 Å². The van der Waals surface area contributed by atoms with Gasteiger partial charge in [0, 0.05) is 24.7 Å². The molecule has 1 N–H and O–H groups in total. The summed E-state index contributed by atoms with van der Waals surface area (Å²) in [4.78, 5) is 2.34. The number of nitrogens with zero attached hydrogens (tertiary/aromatic N) is 2. The number of methoxy groups -OCH3 is 2. The molecule has 1 saturated heterocycles. The van der Waals surface area contributed by atoms with E-state index < -0.39 is 0 Å². The van der Waals surface area contributed by atoms with Gasteiger partial charge in [-0.3, -0.25) is 5.43 Å². The van der Waals surface area contributed by atoms with E-state index in [9.17, 15) is 0 Å². The fraction of sp³-hybridized carbons (Fsp3) is 0.316. The Balaban J connectivity index is 1.84.